The Morgan fingerprint density at radius 2 is 2.29 bits per heavy atom. The van der Waals surface area contributed by atoms with Crippen LogP contribution in [0.1, 0.15) is 31.0 Å². The lowest BCUT2D eigenvalue weighted by Crippen LogP contribution is -2.42. The monoisotopic (exact) mass is 189 g/mol. The average molecular weight is 189 g/mol. The number of hydrogen-bond donors (Lipinski definition) is 1. The summed E-state index contributed by atoms with van der Waals surface area (Å²) in [5.74, 6) is 1.04. The van der Waals surface area contributed by atoms with Crippen molar-refractivity contribution >= 4 is 7.05 Å². The minimum Gasteiger partial charge on any atom is -0.546 e. The lowest BCUT2D eigenvalue weighted by Gasteiger charge is -2.29. The van der Waals surface area contributed by atoms with Crippen LogP contribution in [0.15, 0.2) is 18.2 Å². The molecule has 2 nitrogen and oxygen atoms in total. The summed E-state index contributed by atoms with van der Waals surface area (Å²) in [6, 6.07) is 6.70. The third-order valence-electron chi connectivity index (χ3n) is 2.76. The summed E-state index contributed by atoms with van der Waals surface area (Å²) < 4.78 is 5.73. The second kappa shape index (κ2) is 3.66. The van der Waals surface area contributed by atoms with Gasteiger partial charge in [0.15, 0.2) is 0 Å². The van der Waals surface area contributed by atoms with Crippen LogP contribution in [0, 0.1) is 0 Å². The Balaban J connectivity index is 2.47. The summed E-state index contributed by atoms with van der Waals surface area (Å²) in [5, 5.41) is 3.39. The number of nitrogens with one attached hydrogen (secondary N) is 1. The van der Waals surface area contributed by atoms with Gasteiger partial charge in [0.1, 0.15) is 5.75 Å². The molecule has 3 heteroatoms. The van der Waals surface area contributed by atoms with Gasteiger partial charge in [0.2, 0.25) is 0 Å². The molecule has 1 N–H and O–H groups in total. The molecule has 0 saturated heterocycles. The zero-order valence-electron chi connectivity index (χ0n) is 9.00. The minimum absolute atomic E-state index is 0.115. The van der Waals surface area contributed by atoms with Gasteiger partial charge in [0, 0.05) is 11.6 Å². The molecule has 0 radical (unpaired) electrons. The van der Waals surface area contributed by atoms with Gasteiger partial charge in [0.25, 0.3) is 0 Å². The van der Waals surface area contributed by atoms with E-state index in [0.29, 0.717) is 6.04 Å². The van der Waals surface area contributed by atoms with Crippen LogP contribution in [-0.4, -0.2) is 7.05 Å². The predicted molar refractivity (Wildman–Crippen MR) is 59.6 cm³/mol. The summed E-state index contributed by atoms with van der Waals surface area (Å²) in [7, 11) is 0.115. The van der Waals surface area contributed by atoms with Crippen molar-refractivity contribution in [3.8, 4) is 5.75 Å². The highest BCUT2D eigenvalue weighted by Crippen LogP contribution is 2.32. The first-order valence-corrected chi connectivity index (χ1v) is 5.27. The lowest BCUT2D eigenvalue weighted by atomic mass is 9.81. The Morgan fingerprint density at radius 3 is 3.00 bits per heavy atom. The summed E-state index contributed by atoms with van der Waals surface area (Å²) in [5.41, 5.74) is 2.71. The molecule has 0 aliphatic carbocycles. The third kappa shape index (κ3) is 1.52. The molecular formula is C11H16BNO. The van der Waals surface area contributed by atoms with E-state index in [9.17, 15) is 0 Å². The van der Waals surface area contributed by atoms with Crippen LogP contribution >= 0.6 is 0 Å². The largest absolute Gasteiger partial charge is 0.546 e. The maximum Gasteiger partial charge on any atom is 0.443 e. The number of rotatable bonds is 1. The molecule has 1 heterocycles. The van der Waals surface area contributed by atoms with Crippen LogP contribution in [0.3, 0.4) is 0 Å². The van der Waals surface area contributed by atoms with Crippen molar-refractivity contribution in [3.63, 3.8) is 0 Å². The molecule has 0 aromatic heterocycles. The van der Waals surface area contributed by atoms with E-state index in [1.165, 1.54) is 11.1 Å². The van der Waals surface area contributed by atoms with E-state index in [-0.39, 0.29) is 7.05 Å². The van der Waals surface area contributed by atoms with Crippen molar-refractivity contribution in [3.05, 3.63) is 29.3 Å². The van der Waals surface area contributed by atoms with Gasteiger partial charge in [-0.1, -0.05) is 19.1 Å². The highest BCUT2D eigenvalue weighted by molar-refractivity contribution is 6.48. The molecule has 0 saturated carbocycles. The van der Waals surface area contributed by atoms with Gasteiger partial charge >= 0.3 is 7.05 Å². The van der Waals surface area contributed by atoms with E-state index in [0.717, 1.165) is 12.2 Å². The average Bonchev–Trinajstić information content (AvgIpc) is 2.16. The highest BCUT2D eigenvalue weighted by atomic mass is 16.4. The Bertz CT molecular complexity index is 340. The quantitative estimate of drug-likeness (QED) is 0.685. The summed E-state index contributed by atoms with van der Waals surface area (Å²) in [4.78, 5) is 0. The molecule has 1 aliphatic rings. The van der Waals surface area contributed by atoms with E-state index < -0.39 is 0 Å². The fourth-order valence-corrected chi connectivity index (χ4v) is 2.15. The standard InChI is InChI=1S/C11H16BNO/c1-4-9-6-5-7-10-11(9)8(2)13-12(3)14-10/h5-8,13H,4H2,1-3H3. The molecule has 0 bridgehead atoms. The number of benzene rings is 1. The summed E-state index contributed by atoms with van der Waals surface area (Å²) in [6.07, 6.45) is 1.06. The summed E-state index contributed by atoms with van der Waals surface area (Å²) >= 11 is 0. The van der Waals surface area contributed by atoms with Crippen molar-refractivity contribution in [2.24, 2.45) is 0 Å². The molecule has 1 aromatic rings. The Morgan fingerprint density at radius 1 is 1.50 bits per heavy atom. The maximum absolute atomic E-state index is 5.73. The Hall–Kier alpha value is -0.955. The maximum atomic E-state index is 5.73. The number of aryl methyl sites for hydroxylation is 1. The molecule has 0 spiro atoms. The van der Waals surface area contributed by atoms with E-state index in [4.69, 9.17) is 4.65 Å². The van der Waals surface area contributed by atoms with Gasteiger partial charge in [-0.15, -0.1) is 0 Å². The molecule has 1 aliphatic heterocycles. The number of hydrogen-bond acceptors (Lipinski definition) is 2. The molecule has 74 valence electrons. The molecule has 2 rings (SSSR count). The zero-order chi connectivity index (χ0) is 10.1. The first-order chi connectivity index (χ1) is 6.72. The van der Waals surface area contributed by atoms with Crippen LogP contribution in [0.4, 0.5) is 0 Å². The van der Waals surface area contributed by atoms with Crippen molar-refractivity contribution in [2.75, 3.05) is 0 Å². The van der Waals surface area contributed by atoms with Gasteiger partial charge in [-0.3, -0.25) is 0 Å². The lowest BCUT2D eigenvalue weighted by molar-refractivity contribution is 0.483. The van der Waals surface area contributed by atoms with Gasteiger partial charge < -0.3 is 9.88 Å². The SMILES string of the molecule is CCc1cccc2c1C(C)NB(C)O2. The molecule has 1 atom stereocenters. The molecule has 1 aromatic carbocycles. The predicted octanol–water partition coefficient (Wildman–Crippen LogP) is 2.41. The van der Waals surface area contributed by atoms with E-state index >= 15 is 0 Å². The molecule has 14 heavy (non-hydrogen) atoms. The second-order valence-electron chi connectivity index (χ2n) is 3.83. The van der Waals surface area contributed by atoms with Crippen LogP contribution in [0.2, 0.25) is 6.82 Å². The van der Waals surface area contributed by atoms with Crippen LogP contribution in [0.25, 0.3) is 0 Å². The van der Waals surface area contributed by atoms with Crippen molar-refractivity contribution in [2.45, 2.75) is 33.1 Å². The molecular weight excluding hydrogens is 173 g/mol. The van der Waals surface area contributed by atoms with Crippen molar-refractivity contribution < 1.29 is 4.65 Å². The summed E-state index contributed by atoms with van der Waals surface area (Å²) in [6.45, 7) is 6.41. The van der Waals surface area contributed by atoms with Gasteiger partial charge in [-0.25, -0.2) is 0 Å². The van der Waals surface area contributed by atoms with E-state index in [1.54, 1.807) is 0 Å². The normalized spacial score (nSPS) is 20.2. The smallest absolute Gasteiger partial charge is 0.443 e. The Kier molecular flexibility index (Phi) is 2.51. The fourth-order valence-electron chi connectivity index (χ4n) is 2.15. The van der Waals surface area contributed by atoms with Crippen LogP contribution in [0.5, 0.6) is 5.75 Å². The van der Waals surface area contributed by atoms with Gasteiger partial charge in [-0.05, 0) is 31.8 Å². The van der Waals surface area contributed by atoms with Gasteiger partial charge in [0.05, 0.1) is 0 Å². The topological polar surface area (TPSA) is 21.3 Å². The van der Waals surface area contributed by atoms with E-state index in [1.807, 2.05) is 6.82 Å². The number of fused-ring (bicyclic) bond motifs is 1. The van der Waals surface area contributed by atoms with Crippen LogP contribution < -0.4 is 9.88 Å². The second-order valence-corrected chi connectivity index (χ2v) is 3.83. The molecule has 1 unspecified atom stereocenters. The van der Waals surface area contributed by atoms with Gasteiger partial charge in [-0.2, -0.15) is 0 Å². The molecule has 0 amide bonds. The Labute approximate surface area is 85.8 Å². The van der Waals surface area contributed by atoms with Crippen molar-refractivity contribution in [1.29, 1.82) is 0 Å². The minimum atomic E-state index is 0.115. The van der Waals surface area contributed by atoms with E-state index in [2.05, 4.69) is 37.3 Å². The van der Waals surface area contributed by atoms with Crippen LogP contribution in [-0.2, 0) is 6.42 Å². The highest BCUT2D eigenvalue weighted by Gasteiger charge is 2.26. The first kappa shape index (κ1) is 9.59. The fraction of sp³-hybridized carbons (Fsp3) is 0.455. The van der Waals surface area contributed by atoms with Crippen molar-refractivity contribution in [1.82, 2.24) is 5.23 Å². The zero-order valence-corrected chi connectivity index (χ0v) is 9.00. The third-order valence-corrected chi connectivity index (χ3v) is 2.76. The molecule has 0 fully saturated rings. The first-order valence-electron chi connectivity index (χ1n) is 5.27.